The maximum atomic E-state index is 12.0. The summed E-state index contributed by atoms with van der Waals surface area (Å²) in [4.78, 5) is 28.4. The van der Waals surface area contributed by atoms with Crippen LogP contribution >= 0.6 is 27.3 Å². The van der Waals surface area contributed by atoms with Crippen molar-refractivity contribution in [2.24, 2.45) is 0 Å². The molecule has 134 valence electrons. The molecule has 0 saturated carbocycles. The van der Waals surface area contributed by atoms with Gasteiger partial charge in [0.15, 0.2) is 10.8 Å². The molecule has 0 aliphatic heterocycles. The van der Waals surface area contributed by atoms with Crippen LogP contribution in [0.15, 0.2) is 50.9 Å². The number of benzene rings is 1. The van der Waals surface area contributed by atoms with E-state index in [-0.39, 0.29) is 24.8 Å². The molecule has 0 saturated heterocycles. The van der Waals surface area contributed by atoms with Gasteiger partial charge in [-0.05, 0) is 42.8 Å². The van der Waals surface area contributed by atoms with Crippen molar-refractivity contribution < 1.29 is 14.0 Å². The van der Waals surface area contributed by atoms with Crippen LogP contribution in [0.25, 0.3) is 10.8 Å². The summed E-state index contributed by atoms with van der Waals surface area (Å²) in [5, 5.41) is 7.92. The summed E-state index contributed by atoms with van der Waals surface area (Å²) in [5.74, 6) is 0.133. The largest absolute Gasteiger partial charge is 0.462 e. The SMILES string of the molecule is Cc1cc(Br)ccc1NC(=O)CNC(=O)Cc1csc(-c2ccco2)n1. The van der Waals surface area contributed by atoms with Crippen LogP contribution in [0, 0.1) is 6.92 Å². The number of rotatable bonds is 6. The van der Waals surface area contributed by atoms with Crippen molar-refractivity contribution in [2.45, 2.75) is 13.3 Å². The van der Waals surface area contributed by atoms with Gasteiger partial charge in [-0.1, -0.05) is 15.9 Å². The number of anilines is 1. The second-order valence-corrected chi connectivity index (χ2v) is 7.36. The summed E-state index contributed by atoms with van der Waals surface area (Å²) in [7, 11) is 0. The number of nitrogens with zero attached hydrogens (tertiary/aromatic N) is 1. The third-order valence-electron chi connectivity index (χ3n) is 3.53. The lowest BCUT2D eigenvalue weighted by Gasteiger charge is -2.09. The number of aromatic nitrogens is 1. The van der Waals surface area contributed by atoms with Crippen LogP contribution < -0.4 is 10.6 Å². The molecule has 0 aliphatic carbocycles. The lowest BCUT2D eigenvalue weighted by Crippen LogP contribution is -2.34. The molecule has 0 bridgehead atoms. The average molecular weight is 434 g/mol. The van der Waals surface area contributed by atoms with Crippen LogP contribution in [-0.4, -0.2) is 23.3 Å². The summed E-state index contributed by atoms with van der Waals surface area (Å²) in [6.07, 6.45) is 1.69. The van der Waals surface area contributed by atoms with E-state index in [1.54, 1.807) is 12.3 Å². The quantitative estimate of drug-likeness (QED) is 0.619. The minimum Gasteiger partial charge on any atom is -0.462 e. The first-order chi connectivity index (χ1) is 12.5. The fraction of sp³-hybridized carbons (Fsp3) is 0.167. The van der Waals surface area contributed by atoms with Crippen molar-refractivity contribution in [2.75, 3.05) is 11.9 Å². The Bertz CT molecular complexity index is 922. The van der Waals surface area contributed by atoms with Crippen molar-refractivity contribution in [1.29, 1.82) is 0 Å². The molecule has 26 heavy (non-hydrogen) atoms. The lowest BCUT2D eigenvalue weighted by atomic mass is 10.2. The number of carbonyl (C=O) groups excluding carboxylic acids is 2. The standard InChI is InChI=1S/C18H16BrN3O3S/c1-11-7-12(19)4-5-14(11)22-17(24)9-20-16(23)8-13-10-26-18(21-13)15-3-2-6-25-15/h2-7,10H,8-9H2,1H3,(H,20,23)(H,22,24). The summed E-state index contributed by atoms with van der Waals surface area (Å²) in [6, 6.07) is 9.17. The van der Waals surface area contributed by atoms with E-state index < -0.39 is 0 Å². The van der Waals surface area contributed by atoms with E-state index in [1.165, 1.54) is 11.3 Å². The highest BCUT2D eigenvalue weighted by molar-refractivity contribution is 9.10. The Morgan fingerprint density at radius 2 is 2.12 bits per heavy atom. The minimum atomic E-state index is -0.279. The summed E-state index contributed by atoms with van der Waals surface area (Å²) in [6.45, 7) is 1.81. The number of carbonyl (C=O) groups is 2. The van der Waals surface area contributed by atoms with Gasteiger partial charge in [0.05, 0.1) is 24.9 Å². The van der Waals surface area contributed by atoms with Crippen molar-refractivity contribution in [1.82, 2.24) is 10.3 Å². The van der Waals surface area contributed by atoms with Crippen molar-refractivity contribution in [3.63, 3.8) is 0 Å². The highest BCUT2D eigenvalue weighted by atomic mass is 79.9. The van der Waals surface area contributed by atoms with Gasteiger partial charge in [0.2, 0.25) is 11.8 Å². The second-order valence-electron chi connectivity index (χ2n) is 5.58. The molecule has 0 aliphatic rings. The molecule has 2 heterocycles. The summed E-state index contributed by atoms with van der Waals surface area (Å²) in [5.41, 5.74) is 2.30. The molecule has 8 heteroatoms. The van der Waals surface area contributed by atoms with Gasteiger partial charge >= 0.3 is 0 Å². The Balaban J connectivity index is 1.48. The van der Waals surface area contributed by atoms with Crippen molar-refractivity contribution >= 4 is 44.8 Å². The van der Waals surface area contributed by atoms with Crippen LogP contribution in [0.2, 0.25) is 0 Å². The topological polar surface area (TPSA) is 84.2 Å². The number of aryl methyl sites for hydroxylation is 1. The molecule has 3 aromatic rings. The van der Waals surface area contributed by atoms with Crippen LogP contribution in [0.5, 0.6) is 0 Å². The van der Waals surface area contributed by atoms with E-state index in [0.717, 1.165) is 20.7 Å². The average Bonchev–Trinajstić information content (AvgIpc) is 3.27. The Kier molecular flexibility index (Phi) is 5.85. The third kappa shape index (κ3) is 4.80. The Labute approximate surface area is 162 Å². The molecular weight excluding hydrogens is 418 g/mol. The number of thiazole rings is 1. The normalized spacial score (nSPS) is 10.5. The van der Waals surface area contributed by atoms with Crippen LogP contribution in [0.3, 0.4) is 0 Å². The molecule has 2 amide bonds. The fourth-order valence-corrected chi connectivity index (χ4v) is 3.53. The van der Waals surface area contributed by atoms with E-state index in [1.807, 2.05) is 36.6 Å². The van der Waals surface area contributed by atoms with Gasteiger partial charge in [0.25, 0.3) is 0 Å². The van der Waals surface area contributed by atoms with E-state index in [4.69, 9.17) is 4.42 Å². The highest BCUT2D eigenvalue weighted by Crippen LogP contribution is 2.24. The first-order valence-electron chi connectivity index (χ1n) is 7.82. The van der Waals surface area contributed by atoms with Gasteiger partial charge in [-0.3, -0.25) is 9.59 Å². The number of amides is 2. The maximum Gasteiger partial charge on any atom is 0.243 e. The zero-order valence-electron chi connectivity index (χ0n) is 13.9. The Hall–Kier alpha value is -2.45. The van der Waals surface area contributed by atoms with E-state index in [9.17, 15) is 9.59 Å². The van der Waals surface area contributed by atoms with Crippen molar-refractivity contribution in [3.8, 4) is 10.8 Å². The molecule has 0 unspecified atom stereocenters. The van der Waals surface area contributed by atoms with Gasteiger partial charge in [0, 0.05) is 15.5 Å². The molecule has 0 fully saturated rings. The van der Waals surface area contributed by atoms with Crippen LogP contribution in [0.4, 0.5) is 5.69 Å². The number of furan rings is 1. The Morgan fingerprint density at radius 3 is 2.85 bits per heavy atom. The summed E-state index contributed by atoms with van der Waals surface area (Å²) < 4.78 is 6.22. The van der Waals surface area contributed by atoms with E-state index in [0.29, 0.717) is 11.5 Å². The number of nitrogens with one attached hydrogen (secondary N) is 2. The van der Waals surface area contributed by atoms with Crippen molar-refractivity contribution in [3.05, 3.63) is 57.7 Å². The highest BCUT2D eigenvalue weighted by Gasteiger charge is 2.12. The third-order valence-corrected chi connectivity index (χ3v) is 4.93. The zero-order valence-corrected chi connectivity index (χ0v) is 16.3. The predicted molar refractivity (Wildman–Crippen MR) is 104 cm³/mol. The molecule has 2 aromatic heterocycles. The lowest BCUT2D eigenvalue weighted by molar-refractivity contribution is -0.123. The fourth-order valence-electron chi connectivity index (χ4n) is 2.27. The Morgan fingerprint density at radius 1 is 1.27 bits per heavy atom. The van der Waals surface area contributed by atoms with Gasteiger partial charge in [0.1, 0.15) is 0 Å². The summed E-state index contributed by atoms with van der Waals surface area (Å²) >= 11 is 4.79. The molecule has 6 nitrogen and oxygen atoms in total. The van der Waals surface area contributed by atoms with Gasteiger partial charge in [-0.2, -0.15) is 0 Å². The smallest absolute Gasteiger partial charge is 0.243 e. The van der Waals surface area contributed by atoms with E-state index >= 15 is 0 Å². The van der Waals surface area contributed by atoms with Crippen LogP contribution in [-0.2, 0) is 16.0 Å². The minimum absolute atomic E-state index is 0.0937. The predicted octanol–water partition coefficient (Wildman–Crippen LogP) is 3.77. The number of hydrogen-bond acceptors (Lipinski definition) is 5. The first-order valence-corrected chi connectivity index (χ1v) is 9.49. The number of hydrogen-bond donors (Lipinski definition) is 2. The second kappa shape index (κ2) is 8.29. The molecule has 2 N–H and O–H groups in total. The van der Waals surface area contributed by atoms with Crippen LogP contribution in [0.1, 0.15) is 11.3 Å². The molecule has 0 spiro atoms. The number of halogens is 1. The first kappa shape index (κ1) is 18.3. The van der Waals surface area contributed by atoms with Gasteiger partial charge < -0.3 is 15.1 Å². The molecule has 3 rings (SSSR count). The molecular formula is C18H16BrN3O3S. The zero-order chi connectivity index (χ0) is 18.5. The van der Waals surface area contributed by atoms with E-state index in [2.05, 4.69) is 31.5 Å². The molecule has 0 radical (unpaired) electrons. The maximum absolute atomic E-state index is 12.0. The van der Waals surface area contributed by atoms with Gasteiger partial charge in [-0.15, -0.1) is 11.3 Å². The van der Waals surface area contributed by atoms with Gasteiger partial charge in [-0.25, -0.2) is 4.98 Å². The molecule has 1 aromatic carbocycles. The molecule has 0 atom stereocenters. The monoisotopic (exact) mass is 433 g/mol.